The third kappa shape index (κ3) is 3.84. The lowest BCUT2D eigenvalue weighted by atomic mass is 9.48. The maximum Gasteiger partial charge on any atom is 0.312 e. The topological polar surface area (TPSA) is 104 Å². The number of hydrogen-bond donors (Lipinski definition) is 1. The van der Waals surface area contributed by atoms with Gasteiger partial charge < -0.3 is 14.7 Å². The van der Waals surface area contributed by atoms with Crippen LogP contribution in [0.2, 0.25) is 0 Å². The first kappa shape index (κ1) is 21.9. The Morgan fingerprint density at radius 3 is 2.22 bits per heavy atom. The second kappa shape index (κ2) is 7.81. The largest absolute Gasteiger partial charge is 0.455 e. The predicted octanol–water partition coefficient (Wildman–Crippen LogP) is 1.39. The van der Waals surface area contributed by atoms with Crippen molar-refractivity contribution in [2.75, 3.05) is 32.8 Å². The van der Waals surface area contributed by atoms with Crippen LogP contribution < -0.4 is 0 Å². The first-order chi connectivity index (χ1) is 15.2. The summed E-state index contributed by atoms with van der Waals surface area (Å²) in [5, 5.41) is 10.8. The highest BCUT2D eigenvalue weighted by Gasteiger charge is 2.61. The lowest BCUT2D eigenvalue weighted by Gasteiger charge is -2.58. The average Bonchev–Trinajstić information content (AvgIpc) is 2.76. The van der Waals surface area contributed by atoms with Crippen molar-refractivity contribution in [2.24, 2.45) is 17.3 Å². The number of esters is 1. The summed E-state index contributed by atoms with van der Waals surface area (Å²) in [6, 6.07) is 8.26. The van der Waals surface area contributed by atoms with Gasteiger partial charge in [-0.1, -0.05) is 18.2 Å². The van der Waals surface area contributed by atoms with Crippen molar-refractivity contribution in [2.45, 2.75) is 49.0 Å². The molecule has 1 saturated heterocycles. The molecular weight excluding hydrogens is 432 g/mol. The fourth-order valence-corrected chi connectivity index (χ4v) is 8.19. The molecular formula is C23H30N2O6S. The Morgan fingerprint density at radius 2 is 1.62 bits per heavy atom. The van der Waals surface area contributed by atoms with E-state index in [1.807, 2.05) is 0 Å². The molecule has 1 amide bonds. The number of benzene rings is 1. The molecule has 5 fully saturated rings. The third-order valence-corrected chi connectivity index (χ3v) is 9.68. The highest BCUT2D eigenvalue weighted by molar-refractivity contribution is 7.89. The summed E-state index contributed by atoms with van der Waals surface area (Å²) in [6.07, 6.45) is 4.55. The third-order valence-electron chi connectivity index (χ3n) is 7.76. The minimum atomic E-state index is -3.58. The van der Waals surface area contributed by atoms with E-state index in [1.54, 1.807) is 35.2 Å². The minimum Gasteiger partial charge on any atom is -0.455 e. The summed E-state index contributed by atoms with van der Waals surface area (Å²) in [6.45, 7) is 0.600. The summed E-state index contributed by atoms with van der Waals surface area (Å²) < 4.78 is 32.3. The van der Waals surface area contributed by atoms with Gasteiger partial charge in [-0.25, -0.2) is 8.42 Å². The van der Waals surface area contributed by atoms with Crippen LogP contribution in [0.5, 0.6) is 0 Å². The Hall–Kier alpha value is -1.97. The molecule has 0 spiro atoms. The first-order valence-electron chi connectivity index (χ1n) is 11.4. The number of amides is 1. The fraction of sp³-hybridized carbons (Fsp3) is 0.652. The van der Waals surface area contributed by atoms with E-state index in [0.717, 1.165) is 32.1 Å². The lowest BCUT2D eigenvalue weighted by Crippen LogP contribution is -2.58. The maximum atomic E-state index is 13.0. The van der Waals surface area contributed by atoms with Gasteiger partial charge in [-0.3, -0.25) is 9.59 Å². The van der Waals surface area contributed by atoms with E-state index in [2.05, 4.69) is 0 Å². The van der Waals surface area contributed by atoms with Crippen LogP contribution in [0.15, 0.2) is 35.2 Å². The minimum absolute atomic E-state index is 0.206. The van der Waals surface area contributed by atoms with Crippen molar-refractivity contribution in [3.63, 3.8) is 0 Å². The fourth-order valence-electron chi connectivity index (χ4n) is 6.74. The van der Waals surface area contributed by atoms with Gasteiger partial charge in [0.05, 0.1) is 15.9 Å². The zero-order valence-electron chi connectivity index (χ0n) is 18.1. The van der Waals surface area contributed by atoms with Gasteiger partial charge in [0.15, 0.2) is 6.61 Å². The Morgan fingerprint density at radius 1 is 1.00 bits per heavy atom. The van der Waals surface area contributed by atoms with Crippen molar-refractivity contribution in [1.29, 1.82) is 0 Å². The number of carbonyl (C=O) groups is 2. The summed E-state index contributed by atoms with van der Waals surface area (Å²) in [5.74, 6) is 0.0653. The van der Waals surface area contributed by atoms with E-state index < -0.39 is 21.0 Å². The molecule has 1 N–H and O–H groups in total. The van der Waals surface area contributed by atoms with Crippen LogP contribution in [0.25, 0.3) is 0 Å². The molecule has 0 radical (unpaired) electrons. The molecule has 0 aromatic heterocycles. The Kier molecular flexibility index (Phi) is 5.34. The van der Waals surface area contributed by atoms with E-state index in [1.165, 1.54) is 4.31 Å². The van der Waals surface area contributed by atoms with Gasteiger partial charge in [-0.15, -0.1) is 0 Å². The molecule has 2 unspecified atom stereocenters. The predicted molar refractivity (Wildman–Crippen MR) is 115 cm³/mol. The lowest BCUT2D eigenvalue weighted by molar-refractivity contribution is -0.197. The molecule has 4 aliphatic carbocycles. The van der Waals surface area contributed by atoms with Gasteiger partial charge in [-0.2, -0.15) is 4.31 Å². The van der Waals surface area contributed by atoms with Crippen molar-refractivity contribution in [3.8, 4) is 0 Å². The van der Waals surface area contributed by atoms with Crippen LogP contribution in [0, 0.1) is 17.3 Å². The zero-order valence-corrected chi connectivity index (χ0v) is 18.9. The van der Waals surface area contributed by atoms with Gasteiger partial charge in [0, 0.05) is 26.2 Å². The van der Waals surface area contributed by atoms with Crippen LogP contribution >= 0.6 is 0 Å². The van der Waals surface area contributed by atoms with Gasteiger partial charge in [0.2, 0.25) is 10.0 Å². The second-order valence-corrected chi connectivity index (χ2v) is 12.1. The molecule has 2 atom stereocenters. The highest BCUT2D eigenvalue weighted by atomic mass is 32.2. The Labute approximate surface area is 188 Å². The van der Waals surface area contributed by atoms with E-state index >= 15 is 0 Å². The van der Waals surface area contributed by atoms with E-state index in [9.17, 15) is 23.1 Å². The van der Waals surface area contributed by atoms with E-state index in [-0.39, 0.29) is 49.6 Å². The normalized spacial score (nSPS) is 34.5. The van der Waals surface area contributed by atoms with Gasteiger partial charge >= 0.3 is 5.97 Å². The molecule has 8 nitrogen and oxygen atoms in total. The molecule has 174 valence electrons. The summed E-state index contributed by atoms with van der Waals surface area (Å²) >= 11 is 0. The molecule has 1 heterocycles. The van der Waals surface area contributed by atoms with Crippen molar-refractivity contribution < 1.29 is 27.9 Å². The van der Waals surface area contributed by atoms with Gasteiger partial charge in [-0.05, 0) is 62.5 Å². The standard InChI is InChI=1S/C23H30N2O6S/c26-20(24-6-8-25(9-7-24)32(29,30)19-4-2-1-3-5-19)15-31-21(27)22-11-17-10-18(12-22)14-23(28,13-17)16-22/h1-5,17-18,28H,6-16H2. The molecule has 4 bridgehead atoms. The van der Waals surface area contributed by atoms with Gasteiger partial charge in [0.25, 0.3) is 5.91 Å². The first-order valence-corrected chi connectivity index (χ1v) is 12.9. The number of hydrogen-bond acceptors (Lipinski definition) is 6. The average molecular weight is 463 g/mol. The number of aliphatic hydroxyl groups is 1. The molecule has 32 heavy (non-hydrogen) atoms. The van der Waals surface area contributed by atoms with E-state index in [4.69, 9.17) is 4.74 Å². The zero-order chi connectivity index (χ0) is 22.6. The molecule has 9 heteroatoms. The number of carbonyl (C=O) groups excluding carboxylic acids is 2. The maximum absolute atomic E-state index is 13.0. The molecule has 1 aliphatic heterocycles. The number of rotatable bonds is 5. The molecule has 1 aromatic carbocycles. The molecule has 6 rings (SSSR count). The van der Waals surface area contributed by atoms with Crippen LogP contribution in [-0.4, -0.2) is 73.0 Å². The van der Waals surface area contributed by atoms with Crippen LogP contribution in [-0.2, 0) is 24.3 Å². The number of sulfonamides is 1. The van der Waals surface area contributed by atoms with Gasteiger partial charge in [0.1, 0.15) is 0 Å². The Bertz CT molecular complexity index is 989. The van der Waals surface area contributed by atoms with Crippen LogP contribution in [0.4, 0.5) is 0 Å². The Balaban J connectivity index is 1.15. The SMILES string of the molecule is O=C(COC(=O)C12CC3CC(CC(O)(C3)C1)C2)N1CCN(S(=O)(=O)c2ccccc2)CC1. The smallest absolute Gasteiger partial charge is 0.312 e. The monoisotopic (exact) mass is 462 g/mol. The number of piperazine rings is 1. The van der Waals surface area contributed by atoms with Crippen LogP contribution in [0.3, 0.4) is 0 Å². The number of nitrogens with zero attached hydrogens (tertiary/aromatic N) is 2. The van der Waals surface area contributed by atoms with Crippen LogP contribution in [0.1, 0.15) is 38.5 Å². The summed E-state index contributed by atoms with van der Waals surface area (Å²) in [7, 11) is -3.58. The molecule has 4 saturated carbocycles. The van der Waals surface area contributed by atoms with Crippen molar-refractivity contribution in [3.05, 3.63) is 30.3 Å². The summed E-state index contributed by atoms with van der Waals surface area (Å²) in [4.78, 5) is 27.4. The van der Waals surface area contributed by atoms with Crippen molar-refractivity contribution in [1.82, 2.24) is 9.21 Å². The number of ether oxygens (including phenoxy) is 1. The molecule has 1 aromatic rings. The van der Waals surface area contributed by atoms with Crippen molar-refractivity contribution >= 4 is 21.9 Å². The summed E-state index contributed by atoms with van der Waals surface area (Å²) in [5.41, 5.74) is -1.41. The second-order valence-electron chi connectivity index (χ2n) is 10.1. The highest BCUT2D eigenvalue weighted by Crippen LogP contribution is 2.61. The van der Waals surface area contributed by atoms with E-state index in [0.29, 0.717) is 18.3 Å². The quantitative estimate of drug-likeness (QED) is 0.664. The molecule has 5 aliphatic rings.